The average molecular weight is 288 g/mol. The van der Waals surface area contributed by atoms with Crippen molar-refractivity contribution in [3.8, 4) is 0 Å². The van der Waals surface area contributed by atoms with E-state index in [0.717, 1.165) is 23.5 Å². The molecule has 1 aromatic heterocycles. The first-order valence-corrected chi connectivity index (χ1v) is 6.64. The average Bonchev–Trinajstić information content (AvgIpc) is 2.87. The van der Waals surface area contributed by atoms with E-state index in [4.69, 9.17) is 4.42 Å². The number of nitrogens with one attached hydrogen (secondary N) is 1. The Morgan fingerprint density at radius 3 is 2.88 bits per heavy atom. The molecule has 2 N–H and O–H groups in total. The number of halogens is 1. The molecular formula is C12H18BrNO2. The lowest BCUT2D eigenvalue weighted by Crippen LogP contribution is -2.26. The van der Waals surface area contributed by atoms with E-state index in [9.17, 15) is 5.11 Å². The van der Waals surface area contributed by atoms with Gasteiger partial charge in [-0.1, -0.05) is 6.42 Å². The fourth-order valence-electron chi connectivity index (χ4n) is 2.45. The van der Waals surface area contributed by atoms with E-state index in [0.29, 0.717) is 18.4 Å². The molecule has 0 saturated heterocycles. The minimum Gasteiger partial charge on any atom is -0.453 e. The summed E-state index contributed by atoms with van der Waals surface area (Å²) in [6.07, 6.45) is 3.67. The largest absolute Gasteiger partial charge is 0.453 e. The van der Waals surface area contributed by atoms with E-state index < -0.39 is 0 Å². The van der Waals surface area contributed by atoms with Gasteiger partial charge in [-0.2, -0.15) is 0 Å². The summed E-state index contributed by atoms with van der Waals surface area (Å²) < 4.78 is 6.18. The molecule has 0 aliphatic heterocycles. The zero-order valence-corrected chi connectivity index (χ0v) is 10.9. The van der Waals surface area contributed by atoms with E-state index in [1.54, 1.807) is 0 Å². The van der Waals surface area contributed by atoms with Crippen LogP contribution in [0.15, 0.2) is 21.2 Å². The Bertz CT molecular complexity index is 327. The molecule has 0 aromatic carbocycles. The van der Waals surface area contributed by atoms with Gasteiger partial charge < -0.3 is 14.8 Å². The fraction of sp³-hybridized carbons (Fsp3) is 0.667. The lowest BCUT2D eigenvalue weighted by Gasteiger charge is -2.17. The summed E-state index contributed by atoms with van der Waals surface area (Å²) in [4.78, 5) is 0. The Balaban J connectivity index is 1.71. The van der Waals surface area contributed by atoms with Crippen LogP contribution < -0.4 is 5.32 Å². The van der Waals surface area contributed by atoms with Crippen LogP contribution in [0.5, 0.6) is 0 Å². The molecule has 1 aromatic rings. The van der Waals surface area contributed by atoms with Gasteiger partial charge in [0, 0.05) is 6.61 Å². The van der Waals surface area contributed by atoms with Crippen molar-refractivity contribution in [3.63, 3.8) is 0 Å². The first-order chi connectivity index (χ1) is 7.79. The van der Waals surface area contributed by atoms with Gasteiger partial charge in [0.05, 0.1) is 6.54 Å². The maximum absolute atomic E-state index is 9.20. The lowest BCUT2D eigenvalue weighted by atomic mass is 9.97. The number of aliphatic hydroxyl groups is 1. The standard InChI is InChI=1S/C12H18BrNO2/c13-12-5-4-11(16-12)7-14-6-9-2-1-3-10(9)8-15/h4-5,9-10,14-15H,1-3,6-8H2. The van der Waals surface area contributed by atoms with Crippen molar-refractivity contribution in [1.29, 1.82) is 0 Å². The van der Waals surface area contributed by atoms with Crippen LogP contribution in [-0.2, 0) is 6.54 Å². The maximum Gasteiger partial charge on any atom is 0.169 e. The molecule has 2 rings (SSSR count). The summed E-state index contributed by atoms with van der Waals surface area (Å²) in [5, 5.41) is 12.6. The SMILES string of the molecule is OCC1CCCC1CNCc1ccc(Br)o1. The number of hydrogen-bond acceptors (Lipinski definition) is 3. The van der Waals surface area contributed by atoms with Gasteiger partial charge in [0.2, 0.25) is 0 Å². The molecule has 0 amide bonds. The summed E-state index contributed by atoms with van der Waals surface area (Å²) in [5.41, 5.74) is 0. The number of aliphatic hydroxyl groups excluding tert-OH is 1. The predicted molar refractivity (Wildman–Crippen MR) is 66.0 cm³/mol. The van der Waals surface area contributed by atoms with Crippen LogP contribution in [0.2, 0.25) is 0 Å². The summed E-state index contributed by atoms with van der Waals surface area (Å²) in [6, 6.07) is 3.87. The molecule has 2 atom stereocenters. The van der Waals surface area contributed by atoms with Crippen molar-refractivity contribution < 1.29 is 9.52 Å². The third kappa shape index (κ3) is 3.09. The van der Waals surface area contributed by atoms with E-state index in [1.807, 2.05) is 12.1 Å². The first-order valence-electron chi connectivity index (χ1n) is 5.85. The molecule has 1 heterocycles. The van der Waals surface area contributed by atoms with Crippen molar-refractivity contribution in [3.05, 3.63) is 22.6 Å². The number of furan rings is 1. The summed E-state index contributed by atoms with van der Waals surface area (Å²) in [5.74, 6) is 2.07. The molecule has 1 fully saturated rings. The molecule has 1 saturated carbocycles. The highest BCUT2D eigenvalue weighted by molar-refractivity contribution is 9.10. The molecule has 0 spiro atoms. The molecule has 4 heteroatoms. The third-order valence-electron chi connectivity index (χ3n) is 3.39. The second-order valence-corrected chi connectivity index (χ2v) is 5.25. The molecule has 2 unspecified atom stereocenters. The smallest absolute Gasteiger partial charge is 0.169 e. The van der Waals surface area contributed by atoms with Crippen molar-refractivity contribution in [2.45, 2.75) is 25.8 Å². The summed E-state index contributed by atoms with van der Waals surface area (Å²) >= 11 is 3.28. The van der Waals surface area contributed by atoms with E-state index >= 15 is 0 Å². The molecule has 1 aliphatic rings. The molecule has 1 aliphatic carbocycles. The summed E-state index contributed by atoms with van der Waals surface area (Å²) in [7, 11) is 0. The van der Waals surface area contributed by atoms with Gasteiger partial charge in [-0.3, -0.25) is 0 Å². The Labute approximate surface area is 104 Å². The Hall–Kier alpha value is -0.320. The van der Waals surface area contributed by atoms with Crippen molar-refractivity contribution in [1.82, 2.24) is 5.32 Å². The highest BCUT2D eigenvalue weighted by atomic mass is 79.9. The van der Waals surface area contributed by atoms with Crippen LogP contribution in [0.4, 0.5) is 0 Å². The monoisotopic (exact) mass is 287 g/mol. The first kappa shape index (κ1) is 12.1. The second kappa shape index (κ2) is 5.84. The quantitative estimate of drug-likeness (QED) is 0.875. The van der Waals surface area contributed by atoms with Crippen LogP contribution in [0.1, 0.15) is 25.0 Å². The van der Waals surface area contributed by atoms with E-state index in [-0.39, 0.29) is 0 Å². The second-order valence-electron chi connectivity index (χ2n) is 4.47. The van der Waals surface area contributed by atoms with E-state index in [2.05, 4.69) is 21.2 Å². The molecule has 0 bridgehead atoms. The van der Waals surface area contributed by atoms with Gasteiger partial charge in [-0.25, -0.2) is 0 Å². The Morgan fingerprint density at radius 1 is 1.38 bits per heavy atom. The number of hydrogen-bond donors (Lipinski definition) is 2. The lowest BCUT2D eigenvalue weighted by molar-refractivity contribution is 0.192. The van der Waals surface area contributed by atoms with Gasteiger partial charge >= 0.3 is 0 Å². The van der Waals surface area contributed by atoms with Gasteiger partial charge in [0.1, 0.15) is 5.76 Å². The molecule has 3 nitrogen and oxygen atoms in total. The normalized spacial score (nSPS) is 25.1. The molecule has 90 valence electrons. The minimum absolute atomic E-state index is 0.332. The van der Waals surface area contributed by atoms with Gasteiger partial charge in [-0.05, 0) is 59.3 Å². The topological polar surface area (TPSA) is 45.4 Å². The molecule has 16 heavy (non-hydrogen) atoms. The van der Waals surface area contributed by atoms with Crippen molar-refractivity contribution >= 4 is 15.9 Å². The summed E-state index contributed by atoms with van der Waals surface area (Å²) in [6.45, 7) is 2.07. The Kier molecular flexibility index (Phi) is 4.44. The number of rotatable bonds is 5. The predicted octanol–water partition coefficient (Wildman–Crippen LogP) is 2.54. The van der Waals surface area contributed by atoms with Crippen LogP contribution in [0.25, 0.3) is 0 Å². The fourth-order valence-corrected chi connectivity index (χ4v) is 2.79. The molecule has 0 radical (unpaired) electrons. The van der Waals surface area contributed by atoms with Crippen LogP contribution in [-0.4, -0.2) is 18.3 Å². The van der Waals surface area contributed by atoms with Crippen molar-refractivity contribution in [2.75, 3.05) is 13.2 Å². The zero-order chi connectivity index (χ0) is 11.4. The van der Waals surface area contributed by atoms with Crippen LogP contribution in [0.3, 0.4) is 0 Å². The highest BCUT2D eigenvalue weighted by Gasteiger charge is 2.25. The Morgan fingerprint density at radius 2 is 2.19 bits per heavy atom. The van der Waals surface area contributed by atoms with Crippen molar-refractivity contribution in [2.24, 2.45) is 11.8 Å². The van der Waals surface area contributed by atoms with E-state index in [1.165, 1.54) is 19.3 Å². The highest BCUT2D eigenvalue weighted by Crippen LogP contribution is 2.30. The molecular weight excluding hydrogens is 270 g/mol. The van der Waals surface area contributed by atoms with Crippen LogP contribution in [0, 0.1) is 11.8 Å². The van der Waals surface area contributed by atoms with Gasteiger partial charge in [0.25, 0.3) is 0 Å². The maximum atomic E-state index is 9.20. The van der Waals surface area contributed by atoms with Gasteiger partial charge in [-0.15, -0.1) is 0 Å². The zero-order valence-electron chi connectivity index (χ0n) is 9.29. The van der Waals surface area contributed by atoms with Crippen LogP contribution >= 0.6 is 15.9 Å². The third-order valence-corrected chi connectivity index (χ3v) is 3.81. The minimum atomic E-state index is 0.332. The van der Waals surface area contributed by atoms with Gasteiger partial charge in [0.15, 0.2) is 4.67 Å².